The summed E-state index contributed by atoms with van der Waals surface area (Å²) in [6.07, 6.45) is 1.27. The van der Waals surface area contributed by atoms with E-state index in [2.05, 4.69) is 4.90 Å². The van der Waals surface area contributed by atoms with Gasteiger partial charge in [-0.25, -0.2) is 0 Å². The Balaban J connectivity index is 2.17. The van der Waals surface area contributed by atoms with Gasteiger partial charge in [0.15, 0.2) is 0 Å². The Hall–Kier alpha value is -0.120. The number of hydrogen-bond donors (Lipinski definition) is 2. The Bertz CT molecular complexity index is 117. The molecule has 3 heteroatoms. The molecule has 0 spiro atoms. The highest BCUT2D eigenvalue weighted by Gasteiger charge is 2.27. The van der Waals surface area contributed by atoms with E-state index in [1.54, 1.807) is 6.92 Å². The van der Waals surface area contributed by atoms with Crippen LogP contribution in [0.2, 0.25) is 0 Å². The summed E-state index contributed by atoms with van der Waals surface area (Å²) >= 11 is 0. The zero-order valence-electron chi connectivity index (χ0n) is 7.20. The van der Waals surface area contributed by atoms with Crippen LogP contribution in [0.15, 0.2) is 0 Å². The van der Waals surface area contributed by atoms with E-state index >= 15 is 0 Å². The predicted octanol–water partition coefficient (Wildman–Crippen LogP) is -0.178. The predicted molar refractivity (Wildman–Crippen MR) is 43.3 cm³/mol. The van der Waals surface area contributed by atoms with Crippen LogP contribution in [0.25, 0.3) is 0 Å². The topological polar surface area (TPSA) is 43.7 Å². The van der Waals surface area contributed by atoms with Gasteiger partial charge in [0, 0.05) is 12.6 Å². The highest BCUT2D eigenvalue weighted by Crippen LogP contribution is 2.25. The quantitative estimate of drug-likeness (QED) is 0.598. The number of aliphatic hydroxyl groups is 2. The van der Waals surface area contributed by atoms with Gasteiger partial charge in [0.1, 0.15) is 0 Å². The van der Waals surface area contributed by atoms with E-state index in [1.807, 2.05) is 7.05 Å². The molecule has 1 fully saturated rings. The van der Waals surface area contributed by atoms with Crippen molar-refractivity contribution in [1.29, 1.82) is 0 Å². The van der Waals surface area contributed by atoms with Crippen LogP contribution in [0.3, 0.4) is 0 Å². The molecule has 1 aliphatic rings. The van der Waals surface area contributed by atoms with Gasteiger partial charge in [0.05, 0.1) is 12.2 Å². The minimum absolute atomic E-state index is 0.586. The average Bonchev–Trinajstić information content (AvgIpc) is 2.67. The van der Waals surface area contributed by atoms with Crippen molar-refractivity contribution in [3.05, 3.63) is 0 Å². The zero-order valence-corrected chi connectivity index (χ0v) is 7.20. The molecule has 0 amide bonds. The number of nitrogens with zero attached hydrogens (tertiary/aromatic N) is 1. The largest absolute Gasteiger partial charge is 0.391 e. The molecule has 0 aromatic rings. The molecule has 0 aromatic heterocycles. The van der Waals surface area contributed by atoms with E-state index in [-0.39, 0.29) is 0 Å². The lowest BCUT2D eigenvalue weighted by Gasteiger charge is -2.21. The van der Waals surface area contributed by atoms with Gasteiger partial charge in [-0.3, -0.25) is 0 Å². The number of hydrogen-bond acceptors (Lipinski definition) is 3. The molecule has 11 heavy (non-hydrogen) atoms. The number of likely N-dealkylation sites (N-methyl/N-ethyl adjacent to an activating group) is 1. The van der Waals surface area contributed by atoms with E-state index < -0.39 is 12.2 Å². The van der Waals surface area contributed by atoms with Crippen molar-refractivity contribution in [2.24, 2.45) is 0 Å². The van der Waals surface area contributed by atoms with Gasteiger partial charge < -0.3 is 15.1 Å². The van der Waals surface area contributed by atoms with Gasteiger partial charge >= 0.3 is 0 Å². The summed E-state index contributed by atoms with van der Waals surface area (Å²) in [5.74, 6) is 0. The van der Waals surface area contributed by atoms with E-state index in [0.29, 0.717) is 12.6 Å². The monoisotopic (exact) mass is 159 g/mol. The fourth-order valence-corrected chi connectivity index (χ4v) is 1.11. The van der Waals surface area contributed by atoms with Gasteiger partial charge in [0.2, 0.25) is 0 Å². The van der Waals surface area contributed by atoms with Crippen LogP contribution in [-0.4, -0.2) is 47.0 Å². The minimum Gasteiger partial charge on any atom is -0.391 e. The summed E-state index contributed by atoms with van der Waals surface area (Å²) in [5.41, 5.74) is 0. The molecule has 1 aliphatic carbocycles. The van der Waals surface area contributed by atoms with Crippen molar-refractivity contribution in [3.8, 4) is 0 Å². The standard InChI is InChI=1S/C8H17NO2/c1-6(10)8(11)5-9(2)7-3-4-7/h6-8,10-11H,3-5H2,1-2H3. The van der Waals surface area contributed by atoms with Crippen molar-refractivity contribution >= 4 is 0 Å². The van der Waals surface area contributed by atoms with Gasteiger partial charge in [-0.15, -0.1) is 0 Å². The first kappa shape index (κ1) is 8.97. The van der Waals surface area contributed by atoms with Crippen LogP contribution >= 0.6 is 0 Å². The lowest BCUT2D eigenvalue weighted by Crippen LogP contribution is -2.36. The highest BCUT2D eigenvalue weighted by atomic mass is 16.3. The average molecular weight is 159 g/mol. The zero-order chi connectivity index (χ0) is 8.43. The van der Waals surface area contributed by atoms with Crippen molar-refractivity contribution in [2.45, 2.75) is 38.0 Å². The molecule has 66 valence electrons. The molecule has 1 rings (SSSR count). The molecular weight excluding hydrogens is 142 g/mol. The summed E-state index contributed by atoms with van der Waals surface area (Å²) in [4.78, 5) is 2.11. The van der Waals surface area contributed by atoms with Crippen LogP contribution in [0, 0.1) is 0 Å². The maximum Gasteiger partial charge on any atom is 0.0922 e. The van der Waals surface area contributed by atoms with Gasteiger partial charge in [-0.2, -0.15) is 0 Å². The Labute approximate surface area is 67.6 Å². The fraction of sp³-hybridized carbons (Fsp3) is 1.00. The molecule has 0 heterocycles. The van der Waals surface area contributed by atoms with E-state index in [4.69, 9.17) is 5.11 Å². The normalized spacial score (nSPS) is 23.7. The second kappa shape index (κ2) is 3.52. The van der Waals surface area contributed by atoms with E-state index in [9.17, 15) is 5.11 Å². The number of aliphatic hydroxyl groups excluding tert-OH is 2. The van der Waals surface area contributed by atoms with Gasteiger partial charge in [0.25, 0.3) is 0 Å². The third-order valence-electron chi connectivity index (χ3n) is 2.20. The van der Waals surface area contributed by atoms with Crippen LogP contribution < -0.4 is 0 Å². The summed E-state index contributed by atoms with van der Waals surface area (Å²) in [6, 6.07) is 0.656. The second-order valence-corrected chi connectivity index (χ2v) is 3.48. The summed E-state index contributed by atoms with van der Waals surface area (Å²) < 4.78 is 0. The minimum atomic E-state index is -0.615. The lowest BCUT2D eigenvalue weighted by atomic mass is 10.2. The van der Waals surface area contributed by atoms with E-state index in [0.717, 1.165) is 0 Å². The highest BCUT2D eigenvalue weighted by molar-refractivity contribution is 4.84. The number of rotatable bonds is 4. The molecule has 0 aromatic carbocycles. The molecule has 2 N–H and O–H groups in total. The Morgan fingerprint density at radius 2 is 2.00 bits per heavy atom. The van der Waals surface area contributed by atoms with Crippen molar-refractivity contribution in [1.82, 2.24) is 4.90 Å². The summed E-state index contributed by atoms with van der Waals surface area (Å²) in [5, 5.41) is 18.3. The lowest BCUT2D eigenvalue weighted by molar-refractivity contribution is 0.0110. The molecular formula is C8H17NO2. The van der Waals surface area contributed by atoms with Crippen LogP contribution in [-0.2, 0) is 0 Å². The van der Waals surface area contributed by atoms with Crippen LogP contribution in [0.4, 0.5) is 0 Å². The smallest absolute Gasteiger partial charge is 0.0922 e. The molecule has 2 atom stereocenters. The SMILES string of the molecule is CC(O)C(O)CN(C)C1CC1. The first-order chi connectivity index (χ1) is 5.11. The Kier molecular flexibility index (Phi) is 2.87. The Morgan fingerprint density at radius 1 is 1.45 bits per heavy atom. The molecule has 0 bridgehead atoms. The van der Waals surface area contributed by atoms with Gasteiger partial charge in [-0.05, 0) is 26.8 Å². The molecule has 2 unspecified atom stereocenters. The second-order valence-electron chi connectivity index (χ2n) is 3.48. The first-order valence-corrected chi connectivity index (χ1v) is 4.17. The Morgan fingerprint density at radius 3 is 2.36 bits per heavy atom. The van der Waals surface area contributed by atoms with Crippen LogP contribution in [0.1, 0.15) is 19.8 Å². The molecule has 3 nitrogen and oxygen atoms in total. The van der Waals surface area contributed by atoms with Crippen LogP contribution in [0.5, 0.6) is 0 Å². The molecule has 0 aliphatic heterocycles. The third-order valence-corrected chi connectivity index (χ3v) is 2.20. The maximum absolute atomic E-state index is 9.28. The summed E-state index contributed by atoms with van der Waals surface area (Å²) in [6.45, 7) is 2.20. The van der Waals surface area contributed by atoms with Crippen molar-refractivity contribution in [2.75, 3.05) is 13.6 Å². The third kappa shape index (κ3) is 2.77. The van der Waals surface area contributed by atoms with E-state index in [1.165, 1.54) is 12.8 Å². The molecule has 0 saturated heterocycles. The fourth-order valence-electron chi connectivity index (χ4n) is 1.11. The van der Waals surface area contributed by atoms with Crippen molar-refractivity contribution in [3.63, 3.8) is 0 Å². The summed E-state index contributed by atoms with van der Waals surface area (Å²) in [7, 11) is 1.99. The molecule has 0 radical (unpaired) electrons. The molecule has 1 saturated carbocycles. The van der Waals surface area contributed by atoms with Gasteiger partial charge in [-0.1, -0.05) is 0 Å². The van der Waals surface area contributed by atoms with Crippen molar-refractivity contribution < 1.29 is 10.2 Å². The first-order valence-electron chi connectivity index (χ1n) is 4.17. The maximum atomic E-state index is 9.28.